The minimum Gasteiger partial charge on any atom is -0.495 e. The molecule has 0 bridgehead atoms. The Morgan fingerprint density at radius 3 is 2.87 bits per heavy atom. The zero-order valence-electron chi connectivity index (χ0n) is 17.8. The first-order chi connectivity index (χ1) is 15.0. The van der Waals surface area contributed by atoms with Crippen LogP contribution in [-0.4, -0.2) is 42.3 Å². The van der Waals surface area contributed by atoms with Crippen molar-refractivity contribution in [1.29, 1.82) is 0 Å². The summed E-state index contributed by atoms with van der Waals surface area (Å²) in [4.78, 5) is 30.5. The Morgan fingerprint density at radius 2 is 2.10 bits per heavy atom. The molecule has 0 saturated carbocycles. The Hall–Kier alpha value is -3.32. The van der Waals surface area contributed by atoms with Crippen molar-refractivity contribution in [3.05, 3.63) is 70.0 Å². The van der Waals surface area contributed by atoms with Crippen LogP contribution in [0.3, 0.4) is 0 Å². The molecule has 162 valence electrons. The first-order valence-electron chi connectivity index (χ1n) is 10.5. The molecule has 0 spiro atoms. The summed E-state index contributed by atoms with van der Waals surface area (Å²) in [6, 6.07) is 14.7. The lowest BCUT2D eigenvalue weighted by Gasteiger charge is -2.26. The molecule has 31 heavy (non-hydrogen) atoms. The van der Waals surface area contributed by atoms with Crippen molar-refractivity contribution >= 4 is 22.6 Å². The predicted molar refractivity (Wildman–Crippen MR) is 121 cm³/mol. The third kappa shape index (κ3) is 4.88. The molecule has 2 aromatic carbocycles. The number of methoxy groups -OCH3 is 1. The van der Waals surface area contributed by atoms with Gasteiger partial charge in [-0.25, -0.2) is 4.79 Å². The van der Waals surface area contributed by atoms with E-state index in [1.54, 1.807) is 24.1 Å². The fraction of sp³-hybridized carbons (Fsp3) is 0.333. The number of fused-ring (bicyclic) bond motifs is 1. The second-order valence-corrected chi connectivity index (χ2v) is 7.86. The number of rotatable bonds is 6. The number of benzene rings is 2. The topological polar surface area (TPSA) is 83.7 Å². The smallest absolute Gasteiger partial charge is 0.322 e. The van der Waals surface area contributed by atoms with Crippen LogP contribution in [0.25, 0.3) is 10.9 Å². The monoisotopic (exact) mass is 421 g/mol. The second-order valence-electron chi connectivity index (χ2n) is 7.86. The zero-order chi connectivity index (χ0) is 21.8. The van der Waals surface area contributed by atoms with Gasteiger partial charge in [-0.05, 0) is 55.0 Å². The summed E-state index contributed by atoms with van der Waals surface area (Å²) >= 11 is 0. The van der Waals surface area contributed by atoms with Crippen molar-refractivity contribution in [3.63, 3.8) is 0 Å². The standard InChI is InChI=1S/C24H27N3O4/c1-16-9-10-17-13-18(23(28)25-21(17)12-16)14-27(15-19-6-5-11-31-19)24(29)26-20-7-3-4-8-22(20)30-2/h3-4,7-10,12-13,19H,5-6,11,14-15H2,1-2H3,(H,25,28)(H,26,29)/t19-/m0/s1. The van der Waals surface area contributed by atoms with Gasteiger partial charge in [-0.1, -0.05) is 24.3 Å². The number of hydrogen-bond acceptors (Lipinski definition) is 4. The molecule has 1 aliphatic rings. The van der Waals surface area contributed by atoms with Crippen LogP contribution in [0.15, 0.2) is 53.3 Å². The third-order valence-electron chi connectivity index (χ3n) is 5.52. The molecular weight excluding hydrogens is 394 g/mol. The molecule has 3 aromatic rings. The maximum atomic E-state index is 13.2. The quantitative estimate of drug-likeness (QED) is 0.629. The molecule has 7 heteroatoms. The predicted octanol–water partition coefficient (Wildman–Crippen LogP) is 4.06. The van der Waals surface area contributed by atoms with Crippen molar-refractivity contribution in [2.45, 2.75) is 32.4 Å². The molecule has 0 aliphatic carbocycles. The Labute approximate surface area is 181 Å². The number of aryl methyl sites for hydroxylation is 1. The van der Waals surface area contributed by atoms with E-state index in [4.69, 9.17) is 9.47 Å². The Kier molecular flexibility index (Phi) is 6.23. The number of urea groups is 1. The van der Waals surface area contributed by atoms with E-state index in [1.165, 1.54) is 0 Å². The van der Waals surface area contributed by atoms with E-state index in [1.807, 2.05) is 43.3 Å². The van der Waals surface area contributed by atoms with Gasteiger partial charge in [-0.15, -0.1) is 0 Å². The van der Waals surface area contributed by atoms with Gasteiger partial charge in [0.1, 0.15) is 5.75 Å². The van der Waals surface area contributed by atoms with E-state index in [9.17, 15) is 9.59 Å². The number of nitrogens with one attached hydrogen (secondary N) is 2. The van der Waals surface area contributed by atoms with E-state index >= 15 is 0 Å². The van der Waals surface area contributed by atoms with E-state index in [2.05, 4.69) is 10.3 Å². The SMILES string of the molecule is COc1ccccc1NC(=O)N(Cc1cc2ccc(C)cc2[nH]c1=O)C[C@@H]1CCCO1. The van der Waals surface area contributed by atoms with Gasteiger partial charge >= 0.3 is 6.03 Å². The Balaban J connectivity index is 1.61. The number of ether oxygens (including phenoxy) is 2. The lowest BCUT2D eigenvalue weighted by Crippen LogP contribution is -2.40. The number of hydrogen-bond donors (Lipinski definition) is 2. The number of para-hydroxylation sites is 2. The number of aromatic nitrogens is 1. The third-order valence-corrected chi connectivity index (χ3v) is 5.52. The number of carbonyl (C=O) groups is 1. The summed E-state index contributed by atoms with van der Waals surface area (Å²) < 4.78 is 11.1. The number of pyridine rings is 1. The highest BCUT2D eigenvalue weighted by molar-refractivity contribution is 5.91. The van der Waals surface area contributed by atoms with Crippen molar-refractivity contribution < 1.29 is 14.3 Å². The lowest BCUT2D eigenvalue weighted by atomic mass is 10.1. The number of amides is 2. The molecule has 2 heterocycles. The van der Waals surface area contributed by atoms with Crippen LogP contribution in [0.5, 0.6) is 5.75 Å². The summed E-state index contributed by atoms with van der Waals surface area (Å²) in [5.41, 5.74) is 2.78. The average Bonchev–Trinajstić information content (AvgIpc) is 3.27. The molecule has 1 atom stereocenters. The zero-order valence-corrected chi connectivity index (χ0v) is 17.8. The van der Waals surface area contributed by atoms with E-state index in [-0.39, 0.29) is 24.2 Å². The lowest BCUT2D eigenvalue weighted by molar-refractivity contribution is 0.0818. The summed E-state index contributed by atoms with van der Waals surface area (Å²) in [5, 5.41) is 3.85. The van der Waals surface area contributed by atoms with Crippen LogP contribution in [0.1, 0.15) is 24.0 Å². The molecule has 0 radical (unpaired) electrons. The Morgan fingerprint density at radius 1 is 1.26 bits per heavy atom. The average molecular weight is 421 g/mol. The first kappa shape index (κ1) is 20.9. The summed E-state index contributed by atoms with van der Waals surface area (Å²) in [7, 11) is 1.56. The number of nitrogens with zero attached hydrogens (tertiary/aromatic N) is 1. The van der Waals surface area contributed by atoms with Crippen molar-refractivity contribution in [2.75, 3.05) is 25.6 Å². The molecular formula is C24H27N3O4. The van der Waals surface area contributed by atoms with Gasteiger partial charge in [0, 0.05) is 24.2 Å². The minimum atomic E-state index is -0.302. The van der Waals surface area contributed by atoms with Crippen LogP contribution < -0.4 is 15.6 Å². The van der Waals surface area contributed by atoms with E-state index in [0.717, 1.165) is 29.3 Å². The van der Waals surface area contributed by atoms with Crippen molar-refractivity contribution in [1.82, 2.24) is 9.88 Å². The molecule has 1 saturated heterocycles. The molecule has 0 unspecified atom stereocenters. The molecule has 1 aromatic heterocycles. The summed E-state index contributed by atoms with van der Waals surface area (Å²) in [5.74, 6) is 0.576. The minimum absolute atomic E-state index is 0.0365. The number of carbonyl (C=O) groups excluding carboxylic acids is 1. The maximum Gasteiger partial charge on any atom is 0.322 e. The summed E-state index contributed by atoms with van der Waals surface area (Å²) in [6.07, 6.45) is 1.83. The Bertz CT molecular complexity index is 1140. The van der Waals surface area contributed by atoms with Gasteiger partial charge < -0.3 is 24.7 Å². The van der Waals surface area contributed by atoms with Crippen molar-refractivity contribution in [2.24, 2.45) is 0 Å². The fourth-order valence-electron chi connectivity index (χ4n) is 3.88. The molecule has 2 N–H and O–H groups in total. The van der Waals surface area contributed by atoms with Gasteiger partial charge in [0.2, 0.25) is 0 Å². The number of anilines is 1. The normalized spacial score (nSPS) is 15.7. The largest absolute Gasteiger partial charge is 0.495 e. The van der Waals surface area contributed by atoms with Crippen LogP contribution in [0.4, 0.5) is 10.5 Å². The van der Waals surface area contributed by atoms with E-state index < -0.39 is 0 Å². The van der Waals surface area contributed by atoms with Crippen LogP contribution >= 0.6 is 0 Å². The van der Waals surface area contributed by atoms with Gasteiger partial charge in [0.05, 0.1) is 25.4 Å². The van der Waals surface area contributed by atoms with Gasteiger partial charge in [0.15, 0.2) is 0 Å². The maximum absolute atomic E-state index is 13.2. The highest BCUT2D eigenvalue weighted by atomic mass is 16.5. The highest BCUT2D eigenvalue weighted by Crippen LogP contribution is 2.24. The second kappa shape index (κ2) is 9.22. The molecule has 1 fully saturated rings. The van der Waals surface area contributed by atoms with Gasteiger partial charge in [-0.3, -0.25) is 4.79 Å². The summed E-state index contributed by atoms with van der Waals surface area (Å²) in [6.45, 7) is 3.27. The van der Waals surface area contributed by atoms with E-state index in [0.29, 0.717) is 30.2 Å². The van der Waals surface area contributed by atoms with Crippen LogP contribution in [0.2, 0.25) is 0 Å². The molecule has 4 rings (SSSR count). The number of aromatic amines is 1. The fourth-order valence-corrected chi connectivity index (χ4v) is 3.88. The molecule has 7 nitrogen and oxygen atoms in total. The molecule has 1 aliphatic heterocycles. The first-order valence-corrected chi connectivity index (χ1v) is 10.5. The van der Waals surface area contributed by atoms with Gasteiger partial charge in [-0.2, -0.15) is 0 Å². The number of H-pyrrole nitrogens is 1. The highest BCUT2D eigenvalue weighted by Gasteiger charge is 2.24. The molecule has 2 amide bonds. The van der Waals surface area contributed by atoms with Gasteiger partial charge in [0.25, 0.3) is 5.56 Å². The van der Waals surface area contributed by atoms with Crippen LogP contribution in [-0.2, 0) is 11.3 Å². The van der Waals surface area contributed by atoms with Crippen LogP contribution in [0, 0.1) is 6.92 Å². The van der Waals surface area contributed by atoms with Crippen molar-refractivity contribution in [3.8, 4) is 5.75 Å².